The summed E-state index contributed by atoms with van der Waals surface area (Å²) in [6.07, 6.45) is 0. The molecule has 0 aliphatic heterocycles. The van der Waals surface area contributed by atoms with E-state index in [0.717, 1.165) is 27.7 Å². The summed E-state index contributed by atoms with van der Waals surface area (Å²) >= 11 is 3.44. The van der Waals surface area contributed by atoms with Gasteiger partial charge < -0.3 is 15.6 Å². The second-order valence-corrected chi connectivity index (χ2v) is 5.44. The summed E-state index contributed by atoms with van der Waals surface area (Å²) in [5.41, 5.74) is 7.22. The number of carboxylic acid groups (broad SMARTS) is 1. The fourth-order valence-corrected chi connectivity index (χ4v) is 2.15. The van der Waals surface area contributed by atoms with E-state index < -0.39 is 17.3 Å². The van der Waals surface area contributed by atoms with E-state index in [4.69, 9.17) is 15.6 Å². The molecule has 21 heavy (non-hydrogen) atoms. The van der Waals surface area contributed by atoms with Crippen molar-refractivity contribution in [2.75, 3.05) is 5.73 Å². The van der Waals surface area contributed by atoms with Crippen molar-refractivity contribution in [3.63, 3.8) is 0 Å². The molecule has 2 aromatic rings. The largest absolute Gasteiger partial charge is 0.478 e. The Balaban J connectivity index is 2.41. The Morgan fingerprint density at radius 2 is 1.81 bits per heavy atom. The number of hydrogen-bond acceptors (Lipinski definition) is 3. The lowest BCUT2D eigenvalue weighted by atomic mass is 10.1. The monoisotopic (exact) mass is 353 g/mol. The van der Waals surface area contributed by atoms with Crippen molar-refractivity contribution in [2.24, 2.45) is 0 Å². The number of nitrogens with two attached hydrogens (primary N) is 1. The van der Waals surface area contributed by atoms with Gasteiger partial charge in [0, 0.05) is 10.5 Å². The molecule has 6 heteroatoms. The molecular formula is C15H13BrFNO3. The highest BCUT2D eigenvalue weighted by Gasteiger charge is 2.15. The summed E-state index contributed by atoms with van der Waals surface area (Å²) in [6, 6.07) is 5.58. The molecule has 0 spiro atoms. The maximum absolute atomic E-state index is 13.7. The summed E-state index contributed by atoms with van der Waals surface area (Å²) in [7, 11) is 0. The van der Waals surface area contributed by atoms with Gasteiger partial charge in [-0.15, -0.1) is 0 Å². The first kappa shape index (κ1) is 15.3. The number of carbonyl (C=O) groups is 1. The lowest BCUT2D eigenvalue weighted by Gasteiger charge is -2.12. The minimum atomic E-state index is -1.37. The number of hydrogen-bond donors (Lipinski definition) is 2. The molecule has 2 rings (SSSR count). The number of aromatic carboxylic acids is 1. The van der Waals surface area contributed by atoms with Crippen LogP contribution in [0.4, 0.5) is 10.1 Å². The van der Waals surface area contributed by atoms with Gasteiger partial charge in [0.15, 0.2) is 5.75 Å². The Labute approximate surface area is 129 Å². The predicted molar refractivity (Wildman–Crippen MR) is 81.5 cm³/mol. The van der Waals surface area contributed by atoms with Gasteiger partial charge in [-0.3, -0.25) is 0 Å². The first-order chi connectivity index (χ1) is 9.79. The third-order valence-electron chi connectivity index (χ3n) is 2.97. The number of carboxylic acids is 1. The summed E-state index contributed by atoms with van der Waals surface area (Å²) in [4.78, 5) is 10.8. The van der Waals surface area contributed by atoms with Gasteiger partial charge in [0.1, 0.15) is 11.6 Å². The summed E-state index contributed by atoms with van der Waals surface area (Å²) in [5.74, 6) is -1.68. The zero-order chi connectivity index (χ0) is 15.7. The Morgan fingerprint density at radius 3 is 2.33 bits per heavy atom. The number of benzene rings is 2. The standard InChI is InChI=1S/C15H13BrFNO3/c1-7-3-9(4-8(2)14(7)16)21-13-6-11(17)10(15(19)20)5-12(13)18/h3-6H,18H2,1-2H3,(H,19,20). The van der Waals surface area contributed by atoms with Crippen LogP contribution in [0.5, 0.6) is 11.5 Å². The molecule has 3 N–H and O–H groups in total. The van der Waals surface area contributed by atoms with Crippen LogP contribution in [0, 0.1) is 19.7 Å². The Hall–Kier alpha value is -2.08. The quantitative estimate of drug-likeness (QED) is 0.807. The fraction of sp³-hybridized carbons (Fsp3) is 0.133. The second-order valence-electron chi connectivity index (χ2n) is 4.65. The van der Waals surface area contributed by atoms with Gasteiger partial charge in [-0.05, 0) is 43.2 Å². The molecule has 0 saturated carbocycles. The zero-order valence-corrected chi connectivity index (χ0v) is 13.0. The first-order valence-corrected chi connectivity index (χ1v) is 6.86. The SMILES string of the molecule is Cc1cc(Oc2cc(F)c(C(=O)O)cc2N)cc(C)c1Br. The molecule has 0 unspecified atom stereocenters. The van der Waals surface area contributed by atoms with Crippen LogP contribution in [0.1, 0.15) is 21.5 Å². The van der Waals surface area contributed by atoms with Gasteiger partial charge in [0.2, 0.25) is 0 Å². The van der Waals surface area contributed by atoms with Crippen LogP contribution in [0.25, 0.3) is 0 Å². The van der Waals surface area contributed by atoms with Crippen molar-refractivity contribution in [1.29, 1.82) is 0 Å². The molecule has 0 saturated heterocycles. The third kappa shape index (κ3) is 3.16. The molecule has 4 nitrogen and oxygen atoms in total. The van der Waals surface area contributed by atoms with Crippen molar-refractivity contribution in [1.82, 2.24) is 0 Å². The second kappa shape index (κ2) is 5.73. The summed E-state index contributed by atoms with van der Waals surface area (Å²) in [5, 5.41) is 8.83. The Kier molecular flexibility index (Phi) is 4.18. The number of halogens is 2. The van der Waals surface area contributed by atoms with Crippen LogP contribution in [0.15, 0.2) is 28.7 Å². The molecule has 0 aliphatic carbocycles. The van der Waals surface area contributed by atoms with E-state index in [0.29, 0.717) is 5.75 Å². The highest BCUT2D eigenvalue weighted by atomic mass is 79.9. The van der Waals surface area contributed by atoms with Gasteiger partial charge >= 0.3 is 5.97 Å². The van der Waals surface area contributed by atoms with Crippen molar-refractivity contribution >= 4 is 27.6 Å². The van der Waals surface area contributed by atoms with E-state index in [2.05, 4.69) is 15.9 Å². The smallest absolute Gasteiger partial charge is 0.338 e. The molecule has 0 amide bonds. The topological polar surface area (TPSA) is 72.5 Å². The van der Waals surface area contributed by atoms with Crippen LogP contribution in [-0.4, -0.2) is 11.1 Å². The van der Waals surface area contributed by atoms with Crippen LogP contribution in [0.2, 0.25) is 0 Å². The lowest BCUT2D eigenvalue weighted by molar-refractivity contribution is 0.0692. The zero-order valence-electron chi connectivity index (χ0n) is 11.4. The minimum absolute atomic E-state index is 0.0621. The van der Waals surface area contributed by atoms with Crippen LogP contribution in [0.3, 0.4) is 0 Å². The Morgan fingerprint density at radius 1 is 1.24 bits per heavy atom. The normalized spacial score (nSPS) is 10.5. The highest BCUT2D eigenvalue weighted by molar-refractivity contribution is 9.10. The molecule has 110 valence electrons. The Bertz CT molecular complexity index is 708. The van der Waals surface area contributed by atoms with E-state index in [9.17, 15) is 9.18 Å². The molecule has 2 aromatic carbocycles. The molecule has 0 aliphatic rings. The van der Waals surface area contributed by atoms with E-state index in [1.165, 1.54) is 0 Å². The van der Waals surface area contributed by atoms with Crippen molar-refractivity contribution in [3.05, 3.63) is 51.2 Å². The molecule has 0 heterocycles. The summed E-state index contributed by atoms with van der Waals surface area (Å²) < 4.78 is 20.2. The molecule has 0 atom stereocenters. The number of aryl methyl sites for hydroxylation is 2. The van der Waals surface area contributed by atoms with Gasteiger partial charge in [-0.1, -0.05) is 15.9 Å². The van der Waals surface area contributed by atoms with E-state index in [1.807, 2.05) is 13.8 Å². The van der Waals surface area contributed by atoms with Crippen LogP contribution in [-0.2, 0) is 0 Å². The van der Waals surface area contributed by atoms with Gasteiger partial charge in [-0.2, -0.15) is 0 Å². The molecular weight excluding hydrogens is 341 g/mol. The van der Waals surface area contributed by atoms with Crippen LogP contribution >= 0.6 is 15.9 Å². The molecule has 0 aromatic heterocycles. The highest BCUT2D eigenvalue weighted by Crippen LogP contribution is 2.33. The van der Waals surface area contributed by atoms with Crippen molar-refractivity contribution in [2.45, 2.75) is 13.8 Å². The van der Waals surface area contributed by atoms with Crippen molar-refractivity contribution in [3.8, 4) is 11.5 Å². The van der Waals surface area contributed by atoms with Crippen LogP contribution < -0.4 is 10.5 Å². The molecule has 0 radical (unpaired) electrons. The molecule has 0 bridgehead atoms. The van der Waals surface area contributed by atoms with E-state index in [-0.39, 0.29) is 11.4 Å². The summed E-state index contributed by atoms with van der Waals surface area (Å²) in [6.45, 7) is 3.81. The van der Waals surface area contributed by atoms with E-state index >= 15 is 0 Å². The van der Waals surface area contributed by atoms with Gasteiger partial charge in [0.05, 0.1) is 11.3 Å². The lowest BCUT2D eigenvalue weighted by Crippen LogP contribution is -2.03. The average Bonchev–Trinajstić information content (AvgIpc) is 2.39. The van der Waals surface area contributed by atoms with Gasteiger partial charge in [0.25, 0.3) is 0 Å². The third-order valence-corrected chi connectivity index (χ3v) is 4.22. The molecule has 0 fully saturated rings. The maximum atomic E-state index is 13.7. The van der Waals surface area contributed by atoms with E-state index in [1.54, 1.807) is 12.1 Å². The number of nitrogen functional groups attached to an aromatic ring is 1. The number of ether oxygens (including phenoxy) is 1. The maximum Gasteiger partial charge on any atom is 0.338 e. The minimum Gasteiger partial charge on any atom is -0.478 e. The fourth-order valence-electron chi connectivity index (χ4n) is 1.92. The van der Waals surface area contributed by atoms with Gasteiger partial charge in [-0.25, -0.2) is 9.18 Å². The first-order valence-electron chi connectivity index (χ1n) is 6.06. The predicted octanol–water partition coefficient (Wildman–Crippen LogP) is 4.28. The number of anilines is 1. The number of rotatable bonds is 3. The average molecular weight is 354 g/mol. The van der Waals surface area contributed by atoms with Crippen molar-refractivity contribution < 1.29 is 19.0 Å².